The molecule has 1 fully saturated rings. The van der Waals surface area contributed by atoms with Crippen molar-refractivity contribution >= 4 is 61.2 Å². The van der Waals surface area contributed by atoms with Crippen LogP contribution in [-0.4, -0.2) is 44.8 Å². The van der Waals surface area contributed by atoms with Gasteiger partial charge in [-0.1, -0.05) is 46.7 Å². The second-order valence-corrected chi connectivity index (χ2v) is 9.80. The molecule has 3 heterocycles. The second-order valence-electron chi connectivity index (χ2n) is 7.71. The Morgan fingerprint density at radius 2 is 2.16 bits per heavy atom. The third-order valence-electron chi connectivity index (χ3n) is 5.61. The Kier molecular flexibility index (Phi) is 5.86. The van der Waals surface area contributed by atoms with Crippen molar-refractivity contribution in [1.82, 2.24) is 19.7 Å². The molecule has 0 unspecified atom stereocenters. The Hall–Kier alpha value is -2.16. The van der Waals surface area contributed by atoms with Gasteiger partial charge >= 0.3 is 0 Å². The third-order valence-corrected chi connectivity index (χ3v) is 7.42. The highest BCUT2D eigenvalue weighted by Gasteiger charge is 2.24. The van der Waals surface area contributed by atoms with Crippen molar-refractivity contribution in [2.24, 2.45) is 0 Å². The van der Waals surface area contributed by atoms with E-state index < -0.39 is 0 Å². The molecule has 0 saturated carbocycles. The van der Waals surface area contributed by atoms with Gasteiger partial charge in [0.15, 0.2) is 5.16 Å². The van der Waals surface area contributed by atoms with Gasteiger partial charge < -0.3 is 10.1 Å². The molecule has 1 saturated heterocycles. The molecule has 0 bridgehead atoms. The number of para-hydroxylation sites is 2. The monoisotopic (exact) mass is 498 g/mol. The third kappa shape index (κ3) is 4.04. The number of halogens is 1. The standard InChI is InChI=1S/C23H23BrN4O2S/c1-2-20(22(29)25-13-15-6-5-11-30-15)31-23-27-17-10-9-14(24)12-16(17)21-26-18-7-3-4-8-19(18)28(21)23/h3-4,7-10,12,15,20H,2,5-6,11,13H2,1H3,(H,25,29)/t15-,20-/m1/s1. The minimum Gasteiger partial charge on any atom is -0.376 e. The quantitative estimate of drug-likeness (QED) is 0.300. The minimum absolute atomic E-state index is 0.0262. The predicted octanol–water partition coefficient (Wildman–Crippen LogP) is 4.96. The Morgan fingerprint density at radius 3 is 2.97 bits per heavy atom. The number of fused-ring (bicyclic) bond motifs is 5. The van der Waals surface area contributed by atoms with Crippen LogP contribution in [0.3, 0.4) is 0 Å². The summed E-state index contributed by atoms with van der Waals surface area (Å²) in [6.45, 7) is 3.39. The molecule has 2 atom stereocenters. The number of nitrogens with one attached hydrogen (secondary N) is 1. The van der Waals surface area contributed by atoms with Gasteiger partial charge in [-0.2, -0.15) is 0 Å². The van der Waals surface area contributed by atoms with Crippen LogP contribution in [0.1, 0.15) is 26.2 Å². The lowest BCUT2D eigenvalue weighted by Crippen LogP contribution is -2.37. The first-order valence-electron chi connectivity index (χ1n) is 10.6. The highest BCUT2D eigenvalue weighted by Crippen LogP contribution is 2.32. The molecule has 160 valence electrons. The van der Waals surface area contributed by atoms with Crippen molar-refractivity contribution in [1.29, 1.82) is 0 Å². The van der Waals surface area contributed by atoms with E-state index in [9.17, 15) is 4.79 Å². The van der Waals surface area contributed by atoms with Gasteiger partial charge in [-0.3, -0.25) is 9.20 Å². The van der Waals surface area contributed by atoms with Crippen molar-refractivity contribution in [3.8, 4) is 0 Å². The van der Waals surface area contributed by atoms with Crippen LogP contribution >= 0.6 is 27.7 Å². The summed E-state index contributed by atoms with van der Waals surface area (Å²) >= 11 is 5.06. The number of carbonyl (C=O) groups is 1. The maximum absolute atomic E-state index is 12.9. The lowest BCUT2D eigenvalue weighted by Gasteiger charge is -2.17. The van der Waals surface area contributed by atoms with Crippen LogP contribution in [0.25, 0.3) is 27.6 Å². The largest absolute Gasteiger partial charge is 0.376 e. The van der Waals surface area contributed by atoms with E-state index in [4.69, 9.17) is 14.7 Å². The fraction of sp³-hybridized carbons (Fsp3) is 0.348. The van der Waals surface area contributed by atoms with E-state index in [0.29, 0.717) is 13.0 Å². The molecular weight excluding hydrogens is 476 g/mol. The summed E-state index contributed by atoms with van der Waals surface area (Å²) < 4.78 is 8.69. The number of imidazole rings is 1. The Morgan fingerprint density at radius 1 is 1.29 bits per heavy atom. The topological polar surface area (TPSA) is 68.5 Å². The van der Waals surface area contributed by atoms with Crippen molar-refractivity contribution in [3.05, 3.63) is 46.9 Å². The van der Waals surface area contributed by atoms with Crippen LogP contribution in [0, 0.1) is 0 Å². The first-order valence-corrected chi connectivity index (χ1v) is 12.2. The molecule has 2 aromatic heterocycles. The Labute approximate surface area is 192 Å². The molecular formula is C23H23BrN4O2S. The van der Waals surface area contributed by atoms with E-state index >= 15 is 0 Å². The summed E-state index contributed by atoms with van der Waals surface area (Å²) in [6, 6.07) is 14.1. The van der Waals surface area contributed by atoms with Crippen LogP contribution in [-0.2, 0) is 9.53 Å². The van der Waals surface area contributed by atoms with Gasteiger partial charge in [-0.15, -0.1) is 0 Å². The number of aromatic nitrogens is 3. The minimum atomic E-state index is -0.244. The molecule has 5 rings (SSSR count). The zero-order chi connectivity index (χ0) is 21.4. The van der Waals surface area contributed by atoms with E-state index in [0.717, 1.165) is 56.7 Å². The molecule has 0 spiro atoms. The lowest BCUT2D eigenvalue weighted by atomic mass is 10.2. The van der Waals surface area contributed by atoms with E-state index in [1.807, 2.05) is 49.4 Å². The summed E-state index contributed by atoms with van der Waals surface area (Å²) in [7, 11) is 0. The number of hydrogen-bond donors (Lipinski definition) is 1. The number of carbonyl (C=O) groups excluding carboxylic acids is 1. The molecule has 1 amide bonds. The lowest BCUT2D eigenvalue weighted by molar-refractivity contribution is -0.121. The molecule has 8 heteroatoms. The predicted molar refractivity (Wildman–Crippen MR) is 128 cm³/mol. The van der Waals surface area contributed by atoms with Gasteiger partial charge in [0, 0.05) is 23.0 Å². The summed E-state index contributed by atoms with van der Waals surface area (Å²) in [5.41, 5.74) is 3.62. The molecule has 1 aliphatic rings. The maximum Gasteiger partial charge on any atom is 0.233 e. The molecule has 1 N–H and O–H groups in total. The zero-order valence-corrected chi connectivity index (χ0v) is 19.6. The molecule has 1 aliphatic heterocycles. The molecule has 31 heavy (non-hydrogen) atoms. The normalized spacial score (nSPS) is 17.5. The average molecular weight is 499 g/mol. The number of hydrogen-bond acceptors (Lipinski definition) is 5. The van der Waals surface area contributed by atoms with Gasteiger partial charge in [0.05, 0.1) is 27.9 Å². The summed E-state index contributed by atoms with van der Waals surface area (Å²) in [5.74, 6) is 0.0262. The second kappa shape index (κ2) is 8.76. The maximum atomic E-state index is 12.9. The number of thioether (sulfide) groups is 1. The van der Waals surface area contributed by atoms with Crippen LogP contribution in [0.15, 0.2) is 52.1 Å². The molecule has 0 aliphatic carbocycles. The molecule has 4 aromatic rings. The fourth-order valence-corrected chi connectivity index (χ4v) is 5.41. The van der Waals surface area contributed by atoms with Crippen molar-refractivity contribution in [2.75, 3.05) is 13.2 Å². The summed E-state index contributed by atoms with van der Waals surface area (Å²) in [5, 5.41) is 4.58. The van der Waals surface area contributed by atoms with Gasteiger partial charge in [0.2, 0.25) is 5.91 Å². The Bertz CT molecular complexity index is 1270. The van der Waals surface area contributed by atoms with Crippen molar-refractivity contribution < 1.29 is 9.53 Å². The number of rotatable bonds is 6. The number of ether oxygens (including phenoxy) is 1. The van der Waals surface area contributed by atoms with E-state index in [1.54, 1.807) is 0 Å². The Balaban J connectivity index is 1.54. The van der Waals surface area contributed by atoms with E-state index in [1.165, 1.54) is 11.8 Å². The first-order chi connectivity index (χ1) is 15.1. The SMILES string of the molecule is CC[C@@H](Sc1nc2ccc(Br)cc2c2nc3ccccc3n12)C(=O)NC[C@H]1CCCO1. The fourth-order valence-electron chi connectivity index (χ4n) is 4.00. The highest BCUT2D eigenvalue weighted by molar-refractivity contribution is 9.10. The molecule has 2 aromatic carbocycles. The van der Waals surface area contributed by atoms with Crippen LogP contribution < -0.4 is 5.32 Å². The van der Waals surface area contributed by atoms with Crippen LogP contribution in [0.2, 0.25) is 0 Å². The van der Waals surface area contributed by atoms with Crippen molar-refractivity contribution in [3.63, 3.8) is 0 Å². The number of amides is 1. The molecule has 0 radical (unpaired) electrons. The van der Waals surface area contributed by atoms with Gasteiger partial charge in [-0.25, -0.2) is 9.97 Å². The van der Waals surface area contributed by atoms with E-state index in [-0.39, 0.29) is 17.3 Å². The summed E-state index contributed by atoms with van der Waals surface area (Å²) in [4.78, 5) is 22.8. The van der Waals surface area contributed by atoms with Crippen LogP contribution in [0.4, 0.5) is 0 Å². The first kappa shape index (κ1) is 20.7. The highest BCUT2D eigenvalue weighted by atomic mass is 79.9. The zero-order valence-electron chi connectivity index (χ0n) is 17.2. The average Bonchev–Trinajstić information content (AvgIpc) is 3.44. The van der Waals surface area contributed by atoms with E-state index in [2.05, 4.69) is 25.6 Å². The van der Waals surface area contributed by atoms with Crippen molar-refractivity contribution in [2.45, 2.75) is 42.7 Å². The smallest absolute Gasteiger partial charge is 0.233 e. The summed E-state index contributed by atoms with van der Waals surface area (Å²) in [6.07, 6.45) is 2.91. The number of nitrogens with zero attached hydrogens (tertiary/aromatic N) is 3. The van der Waals surface area contributed by atoms with Crippen LogP contribution in [0.5, 0.6) is 0 Å². The van der Waals surface area contributed by atoms with Gasteiger partial charge in [-0.05, 0) is 49.6 Å². The van der Waals surface area contributed by atoms with Gasteiger partial charge in [0.1, 0.15) is 5.65 Å². The van der Waals surface area contributed by atoms with Gasteiger partial charge in [0.25, 0.3) is 0 Å². The number of benzene rings is 2. The molecule has 6 nitrogen and oxygen atoms in total.